The van der Waals surface area contributed by atoms with Crippen LogP contribution in [-0.4, -0.2) is 20.9 Å². The zero-order chi connectivity index (χ0) is 22.6. The zero-order valence-corrected chi connectivity index (χ0v) is 19.2. The number of nitrogens with one attached hydrogen (secondary N) is 1. The van der Waals surface area contributed by atoms with Crippen LogP contribution in [0.4, 0.5) is 11.4 Å². The summed E-state index contributed by atoms with van der Waals surface area (Å²) in [6, 6.07) is 20.6. The lowest BCUT2D eigenvalue weighted by atomic mass is 10.0. The van der Waals surface area contributed by atoms with Crippen molar-refractivity contribution in [1.29, 1.82) is 0 Å². The summed E-state index contributed by atoms with van der Waals surface area (Å²) in [5.74, 6) is -0.234. The maximum atomic E-state index is 13.5. The van der Waals surface area contributed by atoms with Gasteiger partial charge < -0.3 is 5.32 Å². The molecule has 1 amide bonds. The van der Waals surface area contributed by atoms with Gasteiger partial charge >= 0.3 is 0 Å². The number of carbonyl (C=O) groups excluding carboxylic acids is 1. The summed E-state index contributed by atoms with van der Waals surface area (Å²) in [5, 5.41) is 3.30. The van der Waals surface area contributed by atoms with E-state index in [1.54, 1.807) is 43.3 Å². The van der Waals surface area contributed by atoms with Gasteiger partial charge in [-0.1, -0.05) is 67.9 Å². The lowest BCUT2D eigenvalue weighted by Crippen LogP contribution is -2.38. The van der Waals surface area contributed by atoms with Gasteiger partial charge in [-0.05, 0) is 54.3 Å². The number of amides is 1. The molecular formula is C24H25ClN2O3S. The van der Waals surface area contributed by atoms with E-state index in [0.29, 0.717) is 22.0 Å². The molecule has 7 heteroatoms. The van der Waals surface area contributed by atoms with Crippen molar-refractivity contribution in [3.05, 3.63) is 88.9 Å². The van der Waals surface area contributed by atoms with E-state index in [1.807, 2.05) is 38.1 Å². The fourth-order valence-electron chi connectivity index (χ4n) is 3.32. The Balaban J connectivity index is 2.00. The van der Waals surface area contributed by atoms with E-state index in [2.05, 4.69) is 5.32 Å². The van der Waals surface area contributed by atoms with E-state index in [0.717, 1.165) is 9.87 Å². The molecule has 3 aromatic rings. The number of carbonyl (C=O) groups is 1. The van der Waals surface area contributed by atoms with Gasteiger partial charge in [0.15, 0.2) is 0 Å². The maximum Gasteiger partial charge on any atom is 0.264 e. The Bertz CT molecular complexity index is 1180. The maximum absolute atomic E-state index is 13.5. The highest BCUT2D eigenvalue weighted by molar-refractivity contribution is 7.92. The Morgan fingerprint density at radius 3 is 2.29 bits per heavy atom. The first-order chi connectivity index (χ1) is 14.7. The molecule has 1 N–H and O–H groups in total. The number of sulfonamides is 1. The summed E-state index contributed by atoms with van der Waals surface area (Å²) in [6.07, 6.45) is 0. The van der Waals surface area contributed by atoms with Crippen LogP contribution in [0.2, 0.25) is 5.02 Å². The van der Waals surface area contributed by atoms with Crippen molar-refractivity contribution in [2.24, 2.45) is 0 Å². The molecule has 0 saturated heterocycles. The second kappa shape index (κ2) is 9.54. The summed E-state index contributed by atoms with van der Waals surface area (Å²) in [7, 11) is -3.99. The van der Waals surface area contributed by atoms with Gasteiger partial charge in [0, 0.05) is 10.7 Å². The fourth-order valence-corrected chi connectivity index (χ4v) is 4.99. The first-order valence-electron chi connectivity index (χ1n) is 9.93. The van der Waals surface area contributed by atoms with E-state index < -0.39 is 15.9 Å². The zero-order valence-electron chi connectivity index (χ0n) is 17.7. The lowest BCUT2D eigenvalue weighted by Gasteiger charge is -2.26. The van der Waals surface area contributed by atoms with E-state index in [9.17, 15) is 13.2 Å². The largest absolute Gasteiger partial charge is 0.324 e. The summed E-state index contributed by atoms with van der Waals surface area (Å²) >= 11 is 6.25. The van der Waals surface area contributed by atoms with Crippen molar-refractivity contribution in [2.75, 3.05) is 16.2 Å². The first-order valence-corrected chi connectivity index (χ1v) is 11.7. The van der Waals surface area contributed by atoms with Gasteiger partial charge in [0.25, 0.3) is 10.0 Å². The predicted molar refractivity (Wildman–Crippen MR) is 126 cm³/mol. The Labute approximate surface area is 188 Å². The second-order valence-corrected chi connectivity index (χ2v) is 9.77. The highest BCUT2D eigenvalue weighted by Gasteiger charge is 2.29. The van der Waals surface area contributed by atoms with Gasteiger partial charge in [-0.25, -0.2) is 8.42 Å². The average Bonchev–Trinajstić information content (AvgIpc) is 2.75. The van der Waals surface area contributed by atoms with Crippen LogP contribution in [0.3, 0.4) is 0 Å². The summed E-state index contributed by atoms with van der Waals surface area (Å²) in [6.45, 7) is 5.42. The summed E-state index contributed by atoms with van der Waals surface area (Å²) < 4.78 is 28.0. The molecule has 0 saturated carbocycles. The van der Waals surface area contributed by atoms with Gasteiger partial charge in [-0.2, -0.15) is 0 Å². The van der Waals surface area contributed by atoms with Crippen molar-refractivity contribution in [1.82, 2.24) is 0 Å². The van der Waals surface area contributed by atoms with Crippen LogP contribution in [-0.2, 0) is 14.8 Å². The van der Waals surface area contributed by atoms with Crippen molar-refractivity contribution >= 4 is 38.9 Å². The standard InChI is InChI=1S/C24H25ClN2O3S/c1-17(2)20-12-7-8-14-22(20)26-24(28)16-27(23-15-9-13-21(25)18(23)3)31(29,30)19-10-5-4-6-11-19/h4-15,17H,16H2,1-3H3,(H,26,28). The van der Waals surface area contributed by atoms with Crippen LogP contribution in [0, 0.1) is 6.92 Å². The van der Waals surface area contributed by atoms with Gasteiger partial charge in [0.2, 0.25) is 5.91 Å². The van der Waals surface area contributed by atoms with E-state index in [-0.39, 0.29) is 17.4 Å². The van der Waals surface area contributed by atoms with Gasteiger partial charge in [0.1, 0.15) is 6.54 Å². The minimum atomic E-state index is -3.99. The van der Waals surface area contributed by atoms with Crippen LogP contribution < -0.4 is 9.62 Å². The number of anilines is 2. The highest BCUT2D eigenvalue weighted by Crippen LogP contribution is 2.31. The number of benzene rings is 3. The molecule has 0 unspecified atom stereocenters. The van der Waals surface area contributed by atoms with Crippen LogP contribution in [0.25, 0.3) is 0 Å². The number of para-hydroxylation sites is 1. The molecule has 0 spiro atoms. The highest BCUT2D eigenvalue weighted by atomic mass is 35.5. The smallest absolute Gasteiger partial charge is 0.264 e. The predicted octanol–water partition coefficient (Wildman–Crippen LogP) is 5.61. The molecule has 162 valence electrons. The van der Waals surface area contributed by atoms with Gasteiger partial charge in [0.05, 0.1) is 10.6 Å². The van der Waals surface area contributed by atoms with E-state index in [4.69, 9.17) is 11.6 Å². The molecule has 3 rings (SSSR count). The minimum Gasteiger partial charge on any atom is -0.324 e. The first kappa shape index (κ1) is 22.8. The lowest BCUT2D eigenvalue weighted by molar-refractivity contribution is -0.114. The van der Waals surface area contributed by atoms with Crippen molar-refractivity contribution < 1.29 is 13.2 Å². The molecule has 0 aliphatic rings. The molecule has 0 aliphatic carbocycles. The minimum absolute atomic E-state index is 0.102. The normalized spacial score (nSPS) is 11.4. The number of rotatable bonds is 7. The Morgan fingerprint density at radius 1 is 0.968 bits per heavy atom. The molecule has 3 aromatic carbocycles. The molecule has 31 heavy (non-hydrogen) atoms. The van der Waals surface area contributed by atoms with Crippen LogP contribution in [0.15, 0.2) is 77.7 Å². The third kappa shape index (κ3) is 5.09. The molecule has 0 radical (unpaired) electrons. The van der Waals surface area contributed by atoms with Crippen molar-refractivity contribution in [3.8, 4) is 0 Å². The number of nitrogens with zero attached hydrogens (tertiary/aromatic N) is 1. The van der Waals surface area contributed by atoms with Gasteiger partial charge in [-0.3, -0.25) is 9.10 Å². The molecule has 5 nitrogen and oxygen atoms in total. The monoisotopic (exact) mass is 456 g/mol. The van der Waals surface area contributed by atoms with Crippen molar-refractivity contribution in [3.63, 3.8) is 0 Å². The average molecular weight is 457 g/mol. The number of halogens is 1. The summed E-state index contributed by atoms with van der Waals surface area (Å²) in [5.41, 5.74) is 2.59. The molecule has 0 aromatic heterocycles. The molecular weight excluding hydrogens is 432 g/mol. The molecule has 0 atom stereocenters. The molecule has 0 aliphatic heterocycles. The van der Waals surface area contributed by atoms with Gasteiger partial charge in [-0.15, -0.1) is 0 Å². The molecule has 0 heterocycles. The Hall–Kier alpha value is -2.83. The third-order valence-corrected chi connectivity index (χ3v) is 7.17. The van der Waals surface area contributed by atoms with Crippen molar-refractivity contribution in [2.45, 2.75) is 31.6 Å². The van der Waals surface area contributed by atoms with E-state index in [1.165, 1.54) is 12.1 Å². The summed E-state index contributed by atoms with van der Waals surface area (Å²) in [4.78, 5) is 13.1. The quantitative estimate of drug-likeness (QED) is 0.502. The van der Waals surface area contributed by atoms with Crippen LogP contribution in [0.1, 0.15) is 30.9 Å². The molecule has 0 fully saturated rings. The fraction of sp³-hybridized carbons (Fsp3) is 0.208. The van der Waals surface area contributed by atoms with E-state index >= 15 is 0 Å². The number of hydrogen-bond donors (Lipinski definition) is 1. The number of hydrogen-bond acceptors (Lipinski definition) is 3. The van der Waals surface area contributed by atoms with Crippen LogP contribution >= 0.6 is 11.6 Å². The Morgan fingerprint density at radius 2 is 1.61 bits per heavy atom. The second-order valence-electron chi connectivity index (χ2n) is 7.50. The Kier molecular flexibility index (Phi) is 7.03. The topological polar surface area (TPSA) is 66.5 Å². The SMILES string of the molecule is Cc1c(Cl)cccc1N(CC(=O)Nc1ccccc1C(C)C)S(=O)(=O)c1ccccc1. The molecule has 0 bridgehead atoms. The van der Waals surface area contributed by atoms with Crippen LogP contribution in [0.5, 0.6) is 0 Å². The third-order valence-electron chi connectivity index (χ3n) is 4.98.